The van der Waals surface area contributed by atoms with Gasteiger partial charge in [-0.1, -0.05) is 72.6 Å². The quantitative estimate of drug-likeness (QED) is 0.360. The van der Waals surface area contributed by atoms with Crippen LogP contribution < -0.4 is 9.73 Å². The molecule has 1 amide bonds. The van der Waals surface area contributed by atoms with Gasteiger partial charge in [-0.3, -0.25) is 9.10 Å². The molecule has 0 spiro atoms. The molecule has 0 saturated heterocycles. The highest BCUT2D eigenvalue weighted by Crippen LogP contribution is 2.27. The summed E-state index contributed by atoms with van der Waals surface area (Å²) in [5.41, 5.74) is 4.26. The summed E-state index contributed by atoms with van der Waals surface area (Å²) < 4.78 is 27.9. The zero-order valence-electron chi connectivity index (χ0n) is 17.2. The summed E-state index contributed by atoms with van der Waals surface area (Å²) in [5, 5.41) is 4.67. The maximum atomic E-state index is 13.4. The number of rotatable bonds is 8. The molecular formula is C23H21Cl2N3O3S. The standard InChI is InChI=1S/C23H21Cl2N3O3S/c1-2-18-8-6-7-11-22(18)28(32(30,31)19-9-4-3-5-10-19)16-23(29)27-26-15-17-12-13-20(24)21(25)14-17/h3-15H,2,16H2,1H3,(H,27,29)/b26-15-. The van der Waals surface area contributed by atoms with E-state index in [1.165, 1.54) is 18.3 Å². The van der Waals surface area contributed by atoms with Crippen LogP contribution in [0.4, 0.5) is 5.69 Å². The van der Waals surface area contributed by atoms with Gasteiger partial charge in [-0.25, -0.2) is 13.8 Å². The topological polar surface area (TPSA) is 78.8 Å². The fraction of sp³-hybridized carbons (Fsp3) is 0.130. The summed E-state index contributed by atoms with van der Waals surface area (Å²) in [4.78, 5) is 12.7. The van der Waals surface area contributed by atoms with Gasteiger partial charge >= 0.3 is 0 Å². The SMILES string of the molecule is CCc1ccccc1N(CC(=O)N/N=C\c1ccc(Cl)c(Cl)c1)S(=O)(=O)c1ccccc1. The number of hydrogen-bond acceptors (Lipinski definition) is 4. The summed E-state index contributed by atoms with van der Waals surface area (Å²) in [5.74, 6) is -0.591. The second kappa shape index (κ2) is 10.6. The Hall–Kier alpha value is -2.87. The molecule has 0 aliphatic heterocycles. The van der Waals surface area contributed by atoms with E-state index in [0.29, 0.717) is 27.7 Å². The summed E-state index contributed by atoms with van der Waals surface area (Å²) in [6, 6.07) is 20.0. The van der Waals surface area contributed by atoms with E-state index < -0.39 is 22.5 Å². The van der Waals surface area contributed by atoms with E-state index in [9.17, 15) is 13.2 Å². The van der Waals surface area contributed by atoms with Crippen molar-refractivity contribution in [3.05, 3.63) is 94.0 Å². The van der Waals surface area contributed by atoms with Crippen LogP contribution in [-0.2, 0) is 21.2 Å². The minimum atomic E-state index is -3.98. The molecule has 0 heterocycles. The molecule has 0 fully saturated rings. The number of aryl methyl sites for hydroxylation is 1. The normalized spacial score (nSPS) is 11.5. The zero-order valence-corrected chi connectivity index (χ0v) is 19.5. The number of nitrogens with one attached hydrogen (secondary N) is 1. The number of para-hydroxylation sites is 1. The van der Waals surface area contributed by atoms with E-state index in [-0.39, 0.29) is 4.90 Å². The van der Waals surface area contributed by atoms with Crippen LogP contribution in [0.3, 0.4) is 0 Å². The molecule has 3 aromatic carbocycles. The minimum absolute atomic E-state index is 0.0954. The first-order valence-corrected chi connectivity index (χ1v) is 11.9. The van der Waals surface area contributed by atoms with Gasteiger partial charge in [-0.2, -0.15) is 5.10 Å². The number of carbonyl (C=O) groups is 1. The van der Waals surface area contributed by atoms with Crippen molar-refractivity contribution in [2.75, 3.05) is 10.8 Å². The van der Waals surface area contributed by atoms with Gasteiger partial charge in [0.25, 0.3) is 15.9 Å². The lowest BCUT2D eigenvalue weighted by Gasteiger charge is -2.25. The predicted octanol–water partition coefficient (Wildman–Crippen LogP) is 4.90. The Labute approximate surface area is 197 Å². The van der Waals surface area contributed by atoms with Crippen LogP contribution >= 0.6 is 23.2 Å². The fourth-order valence-corrected chi connectivity index (χ4v) is 4.80. The number of nitrogens with zero attached hydrogens (tertiary/aromatic N) is 2. The Morgan fingerprint density at radius 1 is 1.00 bits per heavy atom. The number of amides is 1. The number of anilines is 1. The predicted molar refractivity (Wildman–Crippen MR) is 129 cm³/mol. The zero-order chi connectivity index (χ0) is 23.1. The Balaban J connectivity index is 1.86. The first-order valence-electron chi connectivity index (χ1n) is 9.75. The molecule has 0 aliphatic rings. The van der Waals surface area contributed by atoms with Crippen LogP contribution in [0.15, 0.2) is 82.8 Å². The Bertz CT molecular complexity index is 1230. The number of hydrazone groups is 1. The van der Waals surface area contributed by atoms with Crippen molar-refractivity contribution in [3.63, 3.8) is 0 Å². The maximum absolute atomic E-state index is 13.4. The number of halogens is 2. The van der Waals surface area contributed by atoms with Gasteiger partial charge in [0.2, 0.25) is 0 Å². The second-order valence-corrected chi connectivity index (χ2v) is 9.45. The molecule has 6 nitrogen and oxygen atoms in total. The van der Waals surface area contributed by atoms with Gasteiger partial charge in [-0.15, -0.1) is 0 Å². The summed E-state index contributed by atoms with van der Waals surface area (Å²) >= 11 is 11.9. The van der Waals surface area contributed by atoms with Crippen LogP contribution in [-0.4, -0.2) is 27.1 Å². The Morgan fingerprint density at radius 2 is 1.69 bits per heavy atom. The minimum Gasteiger partial charge on any atom is -0.271 e. The van der Waals surface area contributed by atoms with Crippen molar-refractivity contribution in [2.45, 2.75) is 18.2 Å². The first kappa shape index (κ1) is 23.8. The largest absolute Gasteiger partial charge is 0.271 e. The molecule has 0 saturated carbocycles. The number of benzene rings is 3. The average Bonchev–Trinajstić information content (AvgIpc) is 2.80. The van der Waals surface area contributed by atoms with Gasteiger partial charge in [0, 0.05) is 0 Å². The number of carbonyl (C=O) groups excluding carboxylic acids is 1. The van der Waals surface area contributed by atoms with E-state index in [0.717, 1.165) is 9.87 Å². The molecule has 3 rings (SSSR count). The van der Waals surface area contributed by atoms with Crippen LogP contribution in [0.2, 0.25) is 10.0 Å². The number of sulfonamides is 1. The van der Waals surface area contributed by atoms with Gasteiger partial charge in [-0.05, 0) is 47.9 Å². The smallest absolute Gasteiger partial charge is 0.264 e. The van der Waals surface area contributed by atoms with Crippen molar-refractivity contribution in [1.29, 1.82) is 0 Å². The van der Waals surface area contributed by atoms with E-state index in [4.69, 9.17) is 23.2 Å². The van der Waals surface area contributed by atoms with Crippen molar-refractivity contribution < 1.29 is 13.2 Å². The lowest BCUT2D eigenvalue weighted by Crippen LogP contribution is -2.40. The van der Waals surface area contributed by atoms with Gasteiger partial charge < -0.3 is 0 Å². The van der Waals surface area contributed by atoms with Gasteiger partial charge in [0.05, 0.1) is 26.8 Å². The molecule has 0 unspecified atom stereocenters. The lowest BCUT2D eigenvalue weighted by molar-refractivity contribution is -0.119. The Kier molecular flexibility index (Phi) is 7.90. The molecule has 9 heteroatoms. The van der Waals surface area contributed by atoms with Crippen LogP contribution in [0.1, 0.15) is 18.1 Å². The average molecular weight is 490 g/mol. The molecular weight excluding hydrogens is 469 g/mol. The molecule has 3 aromatic rings. The monoisotopic (exact) mass is 489 g/mol. The van der Waals surface area contributed by atoms with Crippen molar-refractivity contribution in [3.8, 4) is 0 Å². The van der Waals surface area contributed by atoms with E-state index in [2.05, 4.69) is 10.5 Å². The second-order valence-electron chi connectivity index (χ2n) is 6.77. The highest BCUT2D eigenvalue weighted by Gasteiger charge is 2.28. The fourth-order valence-electron chi connectivity index (χ4n) is 3.01. The maximum Gasteiger partial charge on any atom is 0.264 e. The lowest BCUT2D eigenvalue weighted by atomic mass is 10.1. The van der Waals surface area contributed by atoms with Crippen molar-refractivity contribution in [1.82, 2.24) is 5.43 Å². The van der Waals surface area contributed by atoms with Gasteiger partial charge in [0.1, 0.15) is 6.54 Å². The van der Waals surface area contributed by atoms with Crippen molar-refractivity contribution in [2.24, 2.45) is 5.10 Å². The highest BCUT2D eigenvalue weighted by molar-refractivity contribution is 7.92. The van der Waals surface area contributed by atoms with Crippen LogP contribution in [0.5, 0.6) is 0 Å². The molecule has 1 N–H and O–H groups in total. The molecule has 0 bridgehead atoms. The molecule has 0 aliphatic carbocycles. The van der Waals surface area contributed by atoms with Crippen molar-refractivity contribution >= 4 is 51.0 Å². The van der Waals surface area contributed by atoms with E-state index in [1.54, 1.807) is 48.5 Å². The summed E-state index contributed by atoms with van der Waals surface area (Å²) in [6.45, 7) is 1.49. The molecule has 166 valence electrons. The first-order chi connectivity index (χ1) is 15.3. The third kappa shape index (κ3) is 5.68. The molecule has 0 atom stereocenters. The Morgan fingerprint density at radius 3 is 2.38 bits per heavy atom. The third-order valence-electron chi connectivity index (χ3n) is 4.61. The van der Waals surface area contributed by atoms with Crippen LogP contribution in [0.25, 0.3) is 0 Å². The molecule has 0 radical (unpaired) electrons. The highest BCUT2D eigenvalue weighted by atomic mass is 35.5. The van der Waals surface area contributed by atoms with Gasteiger partial charge in [0.15, 0.2) is 0 Å². The summed E-state index contributed by atoms with van der Waals surface area (Å²) in [7, 11) is -3.98. The molecule has 32 heavy (non-hydrogen) atoms. The third-order valence-corrected chi connectivity index (χ3v) is 7.12. The molecule has 0 aromatic heterocycles. The van der Waals surface area contributed by atoms with Crippen LogP contribution in [0, 0.1) is 0 Å². The van der Waals surface area contributed by atoms with E-state index in [1.807, 2.05) is 19.1 Å². The number of hydrogen-bond donors (Lipinski definition) is 1. The van der Waals surface area contributed by atoms with E-state index >= 15 is 0 Å². The summed E-state index contributed by atoms with van der Waals surface area (Å²) in [6.07, 6.45) is 2.00.